The number of hydrogen-bond acceptors (Lipinski definition) is 3. The van der Waals surface area contributed by atoms with Crippen molar-refractivity contribution in [2.24, 2.45) is 4.99 Å². The van der Waals surface area contributed by atoms with Gasteiger partial charge in [-0.1, -0.05) is 29.8 Å². The van der Waals surface area contributed by atoms with E-state index in [1.165, 1.54) is 11.1 Å². The van der Waals surface area contributed by atoms with Crippen molar-refractivity contribution in [2.75, 3.05) is 6.54 Å². The molecule has 2 rings (SSSR count). The highest BCUT2D eigenvalue weighted by Crippen LogP contribution is 2.14. The third-order valence-corrected chi connectivity index (χ3v) is 2.66. The van der Waals surface area contributed by atoms with Crippen molar-refractivity contribution in [3.8, 4) is 0 Å². The minimum Gasteiger partial charge on any atom is -0.481 e. The van der Waals surface area contributed by atoms with Crippen molar-refractivity contribution >= 4 is 11.9 Å². The van der Waals surface area contributed by atoms with Gasteiger partial charge < -0.3 is 9.84 Å². The minimum absolute atomic E-state index is 0.0212. The Labute approximate surface area is 99.9 Å². The van der Waals surface area contributed by atoms with E-state index < -0.39 is 5.97 Å². The van der Waals surface area contributed by atoms with Crippen LogP contribution in [0.1, 0.15) is 17.5 Å². The molecule has 4 heteroatoms. The number of aryl methyl sites for hydroxylation is 1. The van der Waals surface area contributed by atoms with Gasteiger partial charge in [-0.3, -0.25) is 9.79 Å². The van der Waals surface area contributed by atoms with Gasteiger partial charge in [0.2, 0.25) is 0 Å². The fourth-order valence-corrected chi connectivity index (χ4v) is 1.79. The van der Waals surface area contributed by atoms with Crippen molar-refractivity contribution in [2.45, 2.75) is 25.9 Å². The molecule has 0 saturated heterocycles. The van der Waals surface area contributed by atoms with Crippen LogP contribution in [0.4, 0.5) is 0 Å². The number of nitrogens with zero attached hydrogens (tertiary/aromatic N) is 1. The Hall–Kier alpha value is -1.84. The molecule has 1 atom stereocenters. The summed E-state index contributed by atoms with van der Waals surface area (Å²) in [5.41, 5.74) is 2.41. The Balaban J connectivity index is 1.87. The lowest BCUT2D eigenvalue weighted by molar-refractivity contribution is -0.135. The molecule has 0 bridgehead atoms. The largest absolute Gasteiger partial charge is 0.481 e. The van der Waals surface area contributed by atoms with Crippen LogP contribution in [0.3, 0.4) is 0 Å². The maximum Gasteiger partial charge on any atom is 0.312 e. The number of rotatable bonds is 4. The van der Waals surface area contributed by atoms with Crippen molar-refractivity contribution in [3.63, 3.8) is 0 Å². The van der Waals surface area contributed by atoms with E-state index in [1.54, 1.807) is 0 Å². The molecule has 0 amide bonds. The van der Waals surface area contributed by atoms with E-state index in [0.29, 0.717) is 12.4 Å². The summed E-state index contributed by atoms with van der Waals surface area (Å²) in [7, 11) is 0. The average molecular weight is 233 g/mol. The lowest BCUT2D eigenvalue weighted by atomic mass is 10.1. The topological polar surface area (TPSA) is 58.9 Å². The Morgan fingerprint density at radius 3 is 2.82 bits per heavy atom. The first-order chi connectivity index (χ1) is 8.13. The highest BCUT2D eigenvalue weighted by atomic mass is 16.5. The summed E-state index contributed by atoms with van der Waals surface area (Å²) < 4.78 is 5.48. The SMILES string of the molecule is Cc1ccc(CC2CN=C(CC(=O)O)O2)cc1. The number of carbonyl (C=O) groups is 1. The van der Waals surface area contributed by atoms with Gasteiger partial charge in [0.15, 0.2) is 5.90 Å². The molecule has 0 aliphatic carbocycles. The van der Waals surface area contributed by atoms with Crippen molar-refractivity contribution in [1.29, 1.82) is 0 Å². The van der Waals surface area contributed by atoms with Gasteiger partial charge in [-0.25, -0.2) is 0 Å². The number of aliphatic carboxylic acids is 1. The lowest BCUT2D eigenvalue weighted by Gasteiger charge is -2.10. The highest BCUT2D eigenvalue weighted by molar-refractivity contribution is 5.94. The van der Waals surface area contributed by atoms with Crippen molar-refractivity contribution in [3.05, 3.63) is 35.4 Å². The third-order valence-electron chi connectivity index (χ3n) is 2.66. The normalized spacial score (nSPS) is 18.6. The van der Waals surface area contributed by atoms with Gasteiger partial charge in [0.05, 0.1) is 6.54 Å². The second-order valence-electron chi connectivity index (χ2n) is 4.23. The summed E-state index contributed by atoms with van der Waals surface area (Å²) in [6.07, 6.45) is 0.629. The van der Waals surface area contributed by atoms with Gasteiger partial charge in [-0.2, -0.15) is 0 Å². The number of aliphatic imine (C=N–C) groups is 1. The summed E-state index contributed by atoms with van der Waals surface area (Å²) in [6, 6.07) is 8.24. The van der Waals surface area contributed by atoms with Crippen LogP contribution in [0.25, 0.3) is 0 Å². The van der Waals surface area contributed by atoms with Crippen LogP contribution in [0.15, 0.2) is 29.3 Å². The molecule has 4 nitrogen and oxygen atoms in total. The fourth-order valence-electron chi connectivity index (χ4n) is 1.79. The van der Waals surface area contributed by atoms with E-state index in [-0.39, 0.29) is 12.5 Å². The first-order valence-corrected chi connectivity index (χ1v) is 5.61. The van der Waals surface area contributed by atoms with Crippen LogP contribution in [0.5, 0.6) is 0 Å². The lowest BCUT2D eigenvalue weighted by Crippen LogP contribution is -2.17. The summed E-state index contributed by atoms with van der Waals surface area (Å²) >= 11 is 0. The predicted molar refractivity (Wildman–Crippen MR) is 64.3 cm³/mol. The molecule has 1 N–H and O–H groups in total. The van der Waals surface area contributed by atoms with Gasteiger partial charge in [-0.15, -0.1) is 0 Å². The van der Waals surface area contributed by atoms with Crippen LogP contribution in [-0.4, -0.2) is 29.6 Å². The summed E-state index contributed by atoms with van der Waals surface area (Å²) in [6.45, 7) is 2.60. The van der Waals surface area contributed by atoms with Gasteiger partial charge in [0, 0.05) is 6.42 Å². The van der Waals surface area contributed by atoms with E-state index in [4.69, 9.17) is 9.84 Å². The monoisotopic (exact) mass is 233 g/mol. The van der Waals surface area contributed by atoms with E-state index in [0.717, 1.165) is 6.42 Å². The number of ether oxygens (including phenoxy) is 1. The molecule has 0 spiro atoms. The molecule has 90 valence electrons. The molecule has 1 aromatic carbocycles. The van der Waals surface area contributed by atoms with Gasteiger partial charge in [0.25, 0.3) is 0 Å². The second kappa shape index (κ2) is 4.99. The molecular weight excluding hydrogens is 218 g/mol. The fraction of sp³-hybridized carbons (Fsp3) is 0.385. The summed E-state index contributed by atoms with van der Waals surface area (Å²) in [5, 5.41) is 8.62. The Bertz CT molecular complexity index is 436. The van der Waals surface area contributed by atoms with Crippen molar-refractivity contribution < 1.29 is 14.6 Å². The zero-order valence-corrected chi connectivity index (χ0v) is 9.72. The van der Waals surface area contributed by atoms with Crippen LogP contribution < -0.4 is 0 Å². The molecule has 0 aromatic heterocycles. The van der Waals surface area contributed by atoms with Gasteiger partial charge >= 0.3 is 5.97 Å². The molecule has 1 aliphatic heterocycles. The number of hydrogen-bond donors (Lipinski definition) is 1. The molecule has 0 saturated carbocycles. The highest BCUT2D eigenvalue weighted by Gasteiger charge is 2.21. The van der Waals surface area contributed by atoms with E-state index >= 15 is 0 Å². The molecule has 0 fully saturated rings. The van der Waals surface area contributed by atoms with Crippen LogP contribution in [0.2, 0.25) is 0 Å². The number of carboxylic acid groups (broad SMARTS) is 1. The quantitative estimate of drug-likeness (QED) is 0.862. The maximum absolute atomic E-state index is 10.5. The summed E-state index contributed by atoms with van der Waals surface area (Å²) in [4.78, 5) is 14.6. The Kier molecular flexibility index (Phi) is 3.42. The zero-order chi connectivity index (χ0) is 12.3. The Morgan fingerprint density at radius 1 is 1.47 bits per heavy atom. The van der Waals surface area contributed by atoms with Gasteiger partial charge in [-0.05, 0) is 12.5 Å². The van der Waals surface area contributed by atoms with Gasteiger partial charge in [0.1, 0.15) is 12.5 Å². The van der Waals surface area contributed by atoms with Crippen LogP contribution in [0, 0.1) is 6.92 Å². The van der Waals surface area contributed by atoms with Crippen molar-refractivity contribution in [1.82, 2.24) is 0 Å². The number of carboxylic acids is 1. The van der Waals surface area contributed by atoms with Crippen LogP contribution >= 0.6 is 0 Å². The predicted octanol–water partition coefficient (Wildman–Crippen LogP) is 1.81. The molecule has 1 aliphatic rings. The van der Waals surface area contributed by atoms with E-state index in [9.17, 15) is 4.79 Å². The molecule has 1 aromatic rings. The van der Waals surface area contributed by atoms with E-state index in [1.807, 2.05) is 6.92 Å². The minimum atomic E-state index is -0.903. The molecule has 1 unspecified atom stereocenters. The second-order valence-corrected chi connectivity index (χ2v) is 4.23. The molecule has 1 heterocycles. The average Bonchev–Trinajstić information content (AvgIpc) is 2.68. The first-order valence-electron chi connectivity index (χ1n) is 5.61. The Morgan fingerprint density at radius 2 is 2.18 bits per heavy atom. The molecule has 17 heavy (non-hydrogen) atoms. The first kappa shape index (κ1) is 11.6. The molecular formula is C13H15NO3. The molecule has 0 radical (unpaired) electrons. The standard InChI is InChI=1S/C13H15NO3/c1-9-2-4-10(5-3-9)6-11-8-14-12(17-11)7-13(15)16/h2-5,11H,6-8H2,1H3,(H,15,16). The van der Waals surface area contributed by atoms with E-state index in [2.05, 4.69) is 29.3 Å². The third kappa shape index (κ3) is 3.31. The summed E-state index contributed by atoms with van der Waals surface area (Å²) in [5.74, 6) is -0.561. The van der Waals surface area contributed by atoms with Crippen LogP contribution in [-0.2, 0) is 16.0 Å². The maximum atomic E-state index is 10.5. The zero-order valence-electron chi connectivity index (χ0n) is 9.72. The smallest absolute Gasteiger partial charge is 0.312 e. The number of benzene rings is 1.